The fourth-order valence-electron chi connectivity index (χ4n) is 4.86. The minimum Gasteiger partial charge on any atom is -0.466 e. The molecule has 1 N–H and O–H groups in total. The highest BCUT2D eigenvalue weighted by Crippen LogP contribution is 2.46. The minimum absolute atomic E-state index is 0.0287. The molecule has 2 heterocycles. The summed E-state index contributed by atoms with van der Waals surface area (Å²) < 4.78 is 11.1. The second kappa shape index (κ2) is 7.97. The van der Waals surface area contributed by atoms with Crippen molar-refractivity contribution in [2.24, 2.45) is 5.92 Å². The van der Waals surface area contributed by atoms with Crippen LogP contribution in [-0.2, 0) is 9.53 Å². The summed E-state index contributed by atoms with van der Waals surface area (Å²) in [6, 6.07) is 9.62. The summed E-state index contributed by atoms with van der Waals surface area (Å²) in [6.07, 6.45) is 1.69. The van der Waals surface area contributed by atoms with Gasteiger partial charge in [0.25, 0.3) is 0 Å². The predicted molar refractivity (Wildman–Crippen MR) is 123 cm³/mol. The molecular formula is C25H27N3O4. The van der Waals surface area contributed by atoms with Gasteiger partial charge in [0.15, 0.2) is 11.5 Å². The van der Waals surface area contributed by atoms with Gasteiger partial charge in [-0.1, -0.05) is 29.4 Å². The zero-order valence-electron chi connectivity index (χ0n) is 18.6. The average molecular weight is 434 g/mol. The van der Waals surface area contributed by atoms with Gasteiger partial charge in [0.05, 0.1) is 29.2 Å². The first-order valence-corrected chi connectivity index (χ1v) is 11.3. The molecule has 3 aromatic rings. The van der Waals surface area contributed by atoms with Crippen LogP contribution in [-0.4, -0.2) is 42.6 Å². The van der Waals surface area contributed by atoms with Crippen molar-refractivity contribution in [3.8, 4) is 11.3 Å². The van der Waals surface area contributed by atoms with Crippen LogP contribution in [0.4, 0.5) is 11.4 Å². The Morgan fingerprint density at radius 3 is 2.84 bits per heavy atom. The molecule has 2 aromatic carbocycles. The molecule has 1 aliphatic heterocycles. The van der Waals surface area contributed by atoms with E-state index in [9.17, 15) is 9.59 Å². The van der Waals surface area contributed by atoms with Crippen LogP contribution in [0.25, 0.3) is 22.2 Å². The highest BCUT2D eigenvalue weighted by Gasteiger charge is 2.35. The smallest absolute Gasteiger partial charge is 0.310 e. The standard InChI is InChI=1S/C25H27N3O4/c1-4-31-25(30)15-8-7-11-28(13-15)19-12-18(26-14(2)3)20-21-22(19)27-32-24(21)17-10-6-5-9-16(17)23(20)29/h5-6,9-10,12,14-15,26H,4,7-8,11,13H2,1-3H3. The predicted octanol–water partition coefficient (Wildman–Crippen LogP) is 4.64. The molecule has 166 valence electrons. The molecule has 7 nitrogen and oxygen atoms in total. The zero-order valence-corrected chi connectivity index (χ0v) is 18.6. The summed E-state index contributed by atoms with van der Waals surface area (Å²) in [7, 11) is 0. The maximum Gasteiger partial charge on any atom is 0.310 e. The van der Waals surface area contributed by atoms with Gasteiger partial charge in [0.1, 0.15) is 5.52 Å². The van der Waals surface area contributed by atoms with Gasteiger partial charge < -0.3 is 19.5 Å². The topological polar surface area (TPSA) is 84.7 Å². The van der Waals surface area contributed by atoms with Gasteiger partial charge in [-0.3, -0.25) is 9.59 Å². The molecule has 0 spiro atoms. The highest BCUT2D eigenvalue weighted by molar-refractivity contribution is 6.28. The normalized spacial score (nSPS) is 17.6. The summed E-state index contributed by atoms with van der Waals surface area (Å²) in [5.74, 6) is 0.259. The fraction of sp³-hybridized carbons (Fsp3) is 0.400. The number of carbonyl (C=O) groups excluding carboxylic acids is 2. The molecule has 1 aliphatic carbocycles. The number of hydrogen-bond donors (Lipinski definition) is 1. The van der Waals surface area contributed by atoms with Crippen LogP contribution < -0.4 is 10.2 Å². The maximum absolute atomic E-state index is 13.5. The molecule has 1 atom stereocenters. The number of ether oxygens (including phenoxy) is 1. The van der Waals surface area contributed by atoms with Gasteiger partial charge in [-0.25, -0.2) is 0 Å². The van der Waals surface area contributed by atoms with E-state index in [4.69, 9.17) is 9.26 Å². The van der Waals surface area contributed by atoms with E-state index in [1.807, 2.05) is 51.1 Å². The quantitative estimate of drug-likeness (QED) is 0.459. The molecule has 0 radical (unpaired) electrons. The van der Waals surface area contributed by atoms with E-state index in [1.54, 1.807) is 0 Å². The fourth-order valence-corrected chi connectivity index (χ4v) is 4.86. The third-order valence-electron chi connectivity index (χ3n) is 6.20. The van der Waals surface area contributed by atoms with Gasteiger partial charge in [-0.05, 0) is 39.7 Å². The van der Waals surface area contributed by atoms with Crippen LogP contribution in [0.15, 0.2) is 34.9 Å². The molecule has 2 aliphatic rings. The molecule has 0 saturated carbocycles. The Labute approximate surface area is 186 Å². The van der Waals surface area contributed by atoms with Gasteiger partial charge in [0, 0.05) is 35.9 Å². The molecule has 0 amide bonds. The Balaban J connectivity index is 1.67. The largest absolute Gasteiger partial charge is 0.466 e. The van der Waals surface area contributed by atoms with Crippen molar-refractivity contribution in [3.63, 3.8) is 0 Å². The molecule has 1 saturated heterocycles. The zero-order chi connectivity index (χ0) is 22.4. The molecular weight excluding hydrogens is 406 g/mol. The third kappa shape index (κ3) is 3.23. The van der Waals surface area contributed by atoms with E-state index in [0.717, 1.165) is 41.7 Å². The van der Waals surface area contributed by atoms with Crippen LogP contribution >= 0.6 is 0 Å². The lowest BCUT2D eigenvalue weighted by atomic mass is 9.86. The third-order valence-corrected chi connectivity index (χ3v) is 6.20. The van der Waals surface area contributed by atoms with Crippen LogP contribution in [0.2, 0.25) is 0 Å². The van der Waals surface area contributed by atoms with Crippen molar-refractivity contribution < 1.29 is 18.8 Å². The Hall–Kier alpha value is -3.35. The van der Waals surface area contributed by atoms with Gasteiger partial charge in [-0.2, -0.15) is 0 Å². The number of fused-ring (bicyclic) bond motifs is 2. The molecule has 5 rings (SSSR count). The molecule has 7 heteroatoms. The Kier molecular flexibility index (Phi) is 5.12. The molecule has 0 bridgehead atoms. The summed E-state index contributed by atoms with van der Waals surface area (Å²) in [6.45, 7) is 7.66. The van der Waals surface area contributed by atoms with E-state index in [0.29, 0.717) is 35.6 Å². The number of rotatable bonds is 5. The number of hydrogen-bond acceptors (Lipinski definition) is 7. The second-order valence-electron chi connectivity index (χ2n) is 8.76. The van der Waals surface area contributed by atoms with Crippen molar-refractivity contribution in [1.82, 2.24) is 5.16 Å². The minimum atomic E-state index is -0.179. The molecule has 1 fully saturated rings. The van der Waals surface area contributed by atoms with Crippen LogP contribution in [0, 0.1) is 5.92 Å². The number of aromatic nitrogens is 1. The SMILES string of the molecule is CCOC(=O)C1CCCN(c2cc(NC(C)C)c3c4c(onc24)-c2ccccc2C3=O)C1. The molecule has 1 aromatic heterocycles. The maximum atomic E-state index is 13.5. The summed E-state index contributed by atoms with van der Waals surface area (Å²) in [5.41, 5.74) is 4.30. The van der Waals surface area contributed by atoms with E-state index >= 15 is 0 Å². The lowest BCUT2D eigenvalue weighted by Gasteiger charge is -2.34. The van der Waals surface area contributed by atoms with E-state index in [1.165, 1.54) is 0 Å². The van der Waals surface area contributed by atoms with E-state index in [2.05, 4.69) is 15.4 Å². The number of carbonyl (C=O) groups is 2. The number of nitrogens with zero attached hydrogens (tertiary/aromatic N) is 2. The van der Waals surface area contributed by atoms with Crippen LogP contribution in [0.3, 0.4) is 0 Å². The van der Waals surface area contributed by atoms with Crippen molar-refractivity contribution >= 4 is 34.0 Å². The lowest BCUT2D eigenvalue weighted by Crippen LogP contribution is -2.39. The summed E-state index contributed by atoms with van der Waals surface area (Å²) in [4.78, 5) is 28.1. The van der Waals surface area contributed by atoms with Gasteiger partial charge >= 0.3 is 5.97 Å². The average Bonchev–Trinajstić information content (AvgIpc) is 3.23. The first kappa shape index (κ1) is 20.5. The molecule has 32 heavy (non-hydrogen) atoms. The monoisotopic (exact) mass is 433 g/mol. The van der Waals surface area contributed by atoms with Crippen molar-refractivity contribution in [1.29, 1.82) is 0 Å². The highest BCUT2D eigenvalue weighted by atomic mass is 16.5. The first-order chi connectivity index (χ1) is 15.5. The van der Waals surface area contributed by atoms with E-state index in [-0.39, 0.29) is 23.7 Å². The number of ketones is 1. The van der Waals surface area contributed by atoms with Crippen LogP contribution in [0.5, 0.6) is 0 Å². The lowest BCUT2D eigenvalue weighted by molar-refractivity contribution is -0.148. The molecule has 1 unspecified atom stereocenters. The summed E-state index contributed by atoms with van der Waals surface area (Å²) in [5, 5.41) is 8.61. The Morgan fingerprint density at radius 2 is 2.09 bits per heavy atom. The van der Waals surface area contributed by atoms with Crippen molar-refractivity contribution in [3.05, 3.63) is 41.5 Å². The number of piperidine rings is 1. The number of nitrogens with one attached hydrogen (secondary N) is 1. The van der Waals surface area contributed by atoms with Crippen molar-refractivity contribution in [2.45, 2.75) is 39.7 Å². The van der Waals surface area contributed by atoms with E-state index < -0.39 is 0 Å². The van der Waals surface area contributed by atoms with Crippen molar-refractivity contribution in [2.75, 3.05) is 29.9 Å². The van der Waals surface area contributed by atoms with Crippen LogP contribution in [0.1, 0.15) is 49.5 Å². The Bertz CT molecular complexity index is 1210. The summed E-state index contributed by atoms with van der Waals surface area (Å²) >= 11 is 0. The van der Waals surface area contributed by atoms with Gasteiger partial charge in [0.2, 0.25) is 0 Å². The second-order valence-corrected chi connectivity index (χ2v) is 8.76. The number of anilines is 2. The Morgan fingerprint density at radius 1 is 1.31 bits per heavy atom. The number of esters is 1. The van der Waals surface area contributed by atoms with Gasteiger partial charge in [-0.15, -0.1) is 0 Å². The number of benzene rings is 2. The first-order valence-electron chi connectivity index (χ1n) is 11.3.